The van der Waals surface area contributed by atoms with E-state index in [2.05, 4.69) is 0 Å². The van der Waals surface area contributed by atoms with E-state index in [0.717, 1.165) is 27.3 Å². The van der Waals surface area contributed by atoms with Crippen LogP contribution in [0.4, 0.5) is 5.69 Å². The van der Waals surface area contributed by atoms with Crippen LogP contribution in [-0.2, 0) is 16.6 Å². The smallest absolute Gasteiger partial charge is 0.0576 e. The van der Waals surface area contributed by atoms with Gasteiger partial charge in [-0.3, -0.25) is 4.21 Å². The Morgan fingerprint density at radius 1 is 1.06 bits per heavy atom. The molecule has 2 rings (SSSR count). The molecule has 0 fully saturated rings. The summed E-state index contributed by atoms with van der Waals surface area (Å²) in [6.07, 6.45) is 0. The van der Waals surface area contributed by atoms with Crippen LogP contribution in [0.3, 0.4) is 0 Å². The Morgan fingerprint density at radius 2 is 1.78 bits per heavy atom. The molecule has 0 aliphatic carbocycles. The van der Waals surface area contributed by atoms with Crippen molar-refractivity contribution in [3.63, 3.8) is 0 Å². The maximum Gasteiger partial charge on any atom is 0.0576 e. The fraction of sp³-hybridized carbons (Fsp3) is 0.200. The number of benzene rings is 2. The van der Waals surface area contributed by atoms with Crippen molar-refractivity contribution in [2.75, 3.05) is 5.73 Å². The summed E-state index contributed by atoms with van der Waals surface area (Å²) in [5.74, 6) is 0.516. The molecule has 1 atom stereocenters. The van der Waals surface area contributed by atoms with Crippen molar-refractivity contribution in [3.05, 3.63) is 59.2 Å². The zero-order valence-corrected chi connectivity index (χ0v) is 11.5. The van der Waals surface area contributed by atoms with Gasteiger partial charge in [-0.1, -0.05) is 30.3 Å². The Balaban J connectivity index is 2.27. The van der Waals surface area contributed by atoms with E-state index in [1.165, 1.54) is 0 Å². The van der Waals surface area contributed by atoms with Crippen LogP contribution in [0.2, 0.25) is 0 Å². The number of hydrogen-bond acceptors (Lipinski definition) is 2. The molecule has 0 radical (unpaired) electrons. The Bertz CT molecular complexity index is 593. The second-order valence-electron chi connectivity index (χ2n) is 4.39. The lowest BCUT2D eigenvalue weighted by atomic mass is 10.1. The minimum atomic E-state index is -1.02. The summed E-state index contributed by atoms with van der Waals surface area (Å²) in [6, 6.07) is 13.6. The predicted octanol–water partition coefficient (Wildman–Crippen LogP) is 3.19. The van der Waals surface area contributed by atoms with E-state index in [4.69, 9.17) is 5.73 Å². The fourth-order valence-corrected chi connectivity index (χ4v) is 3.30. The number of anilines is 1. The van der Waals surface area contributed by atoms with Crippen LogP contribution in [0.5, 0.6) is 0 Å². The van der Waals surface area contributed by atoms with Gasteiger partial charge in [-0.15, -0.1) is 0 Å². The van der Waals surface area contributed by atoms with Crippen molar-refractivity contribution in [1.29, 1.82) is 0 Å². The lowest BCUT2D eigenvalue weighted by Gasteiger charge is -2.09. The summed E-state index contributed by atoms with van der Waals surface area (Å²) < 4.78 is 12.4. The second-order valence-corrected chi connectivity index (χ2v) is 5.81. The standard InChI is InChI=1S/C15H17NOS/c1-11-6-3-4-9-15(11)18(17)10-13-7-5-8-14(16)12(13)2/h3-9H,10,16H2,1-2H3. The van der Waals surface area contributed by atoms with Gasteiger partial charge in [0.25, 0.3) is 0 Å². The number of rotatable bonds is 3. The first-order valence-corrected chi connectivity index (χ1v) is 7.19. The van der Waals surface area contributed by atoms with Gasteiger partial charge in [0.2, 0.25) is 0 Å². The zero-order valence-electron chi connectivity index (χ0n) is 10.6. The minimum Gasteiger partial charge on any atom is -0.399 e. The highest BCUT2D eigenvalue weighted by Gasteiger charge is 2.10. The molecule has 0 bridgehead atoms. The third-order valence-corrected chi connectivity index (χ3v) is 4.64. The largest absolute Gasteiger partial charge is 0.399 e. The zero-order chi connectivity index (χ0) is 13.1. The molecule has 2 nitrogen and oxygen atoms in total. The van der Waals surface area contributed by atoms with Gasteiger partial charge in [0.15, 0.2) is 0 Å². The molecule has 0 spiro atoms. The number of nitrogens with two attached hydrogens (primary N) is 1. The molecule has 3 heteroatoms. The summed E-state index contributed by atoms with van der Waals surface area (Å²) in [7, 11) is -1.02. The lowest BCUT2D eigenvalue weighted by molar-refractivity contribution is 0.682. The molecule has 0 aromatic heterocycles. The van der Waals surface area contributed by atoms with Gasteiger partial charge in [0, 0.05) is 10.6 Å². The highest BCUT2D eigenvalue weighted by atomic mass is 32.2. The first kappa shape index (κ1) is 12.8. The Morgan fingerprint density at radius 3 is 2.50 bits per heavy atom. The van der Waals surface area contributed by atoms with Crippen LogP contribution in [-0.4, -0.2) is 4.21 Å². The Kier molecular flexibility index (Phi) is 3.82. The van der Waals surface area contributed by atoms with Crippen LogP contribution in [0.15, 0.2) is 47.4 Å². The summed E-state index contributed by atoms with van der Waals surface area (Å²) in [4.78, 5) is 0.902. The Labute approximate surface area is 110 Å². The second kappa shape index (κ2) is 5.36. The molecular formula is C15H17NOS. The fourth-order valence-electron chi connectivity index (χ4n) is 1.89. The van der Waals surface area contributed by atoms with E-state index in [-0.39, 0.29) is 0 Å². The summed E-state index contributed by atoms with van der Waals surface area (Å²) >= 11 is 0. The molecule has 0 saturated heterocycles. The van der Waals surface area contributed by atoms with E-state index in [1.54, 1.807) is 0 Å². The average molecular weight is 259 g/mol. The van der Waals surface area contributed by atoms with Gasteiger partial charge in [-0.05, 0) is 42.7 Å². The molecule has 2 N–H and O–H groups in total. The van der Waals surface area contributed by atoms with Gasteiger partial charge in [-0.25, -0.2) is 0 Å². The van der Waals surface area contributed by atoms with E-state index in [0.29, 0.717) is 5.75 Å². The average Bonchev–Trinajstić information content (AvgIpc) is 2.35. The van der Waals surface area contributed by atoms with Gasteiger partial charge >= 0.3 is 0 Å². The first-order valence-electron chi connectivity index (χ1n) is 5.87. The van der Waals surface area contributed by atoms with E-state index < -0.39 is 10.8 Å². The summed E-state index contributed by atoms with van der Waals surface area (Å²) in [5.41, 5.74) is 9.77. The molecule has 1 unspecified atom stereocenters. The third kappa shape index (κ3) is 2.62. The van der Waals surface area contributed by atoms with Gasteiger partial charge in [0.05, 0.1) is 16.6 Å². The SMILES string of the molecule is Cc1ccccc1S(=O)Cc1cccc(N)c1C. The Hall–Kier alpha value is -1.61. The monoisotopic (exact) mass is 259 g/mol. The van der Waals surface area contributed by atoms with Crippen molar-refractivity contribution >= 4 is 16.5 Å². The third-order valence-electron chi connectivity index (χ3n) is 3.11. The molecule has 2 aromatic rings. The first-order chi connectivity index (χ1) is 8.59. The number of aryl methyl sites for hydroxylation is 1. The van der Waals surface area contributed by atoms with E-state index >= 15 is 0 Å². The van der Waals surface area contributed by atoms with Gasteiger partial charge in [-0.2, -0.15) is 0 Å². The van der Waals surface area contributed by atoms with Crippen LogP contribution in [0.1, 0.15) is 16.7 Å². The minimum absolute atomic E-state index is 0.516. The van der Waals surface area contributed by atoms with E-state index in [9.17, 15) is 4.21 Å². The maximum absolute atomic E-state index is 12.4. The molecule has 0 heterocycles. The van der Waals surface area contributed by atoms with Gasteiger partial charge < -0.3 is 5.73 Å². The highest BCUT2D eigenvalue weighted by Crippen LogP contribution is 2.21. The highest BCUT2D eigenvalue weighted by molar-refractivity contribution is 7.84. The van der Waals surface area contributed by atoms with Crippen LogP contribution < -0.4 is 5.73 Å². The molecule has 0 aliphatic heterocycles. The van der Waals surface area contributed by atoms with Gasteiger partial charge in [0.1, 0.15) is 0 Å². The van der Waals surface area contributed by atoms with Crippen molar-refractivity contribution < 1.29 is 4.21 Å². The molecule has 18 heavy (non-hydrogen) atoms. The summed E-state index contributed by atoms with van der Waals surface area (Å²) in [5, 5.41) is 0. The molecule has 0 amide bonds. The molecule has 0 aliphatic rings. The lowest BCUT2D eigenvalue weighted by Crippen LogP contribution is -2.02. The van der Waals surface area contributed by atoms with Crippen LogP contribution in [0, 0.1) is 13.8 Å². The van der Waals surface area contributed by atoms with Crippen molar-refractivity contribution in [3.8, 4) is 0 Å². The predicted molar refractivity (Wildman–Crippen MR) is 76.9 cm³/mol. The molecule has 2 aromatic carbocycles. The summed E-state index contributed by atoms with van der Waals surface area (Å²) in [6.45, 7) is 3.96. The van der Waals surface area contributed by atoms with Crippen molar-refractivity contribution in [2.24, 2.45) is 0 Å². The topological polar surface area (TPSA) is 43.1 Å². The normalized spacial score (nSPS) is 12.3. The molecule has 94 valence electrons. The number of hydrogen-bond donors (Lipinski definition) is 1. The number of nitrogen functional groups attached to an aromatic ring is 1. The van der Waals surface area contributed by atoms with E-state index in [1.807, 2.05) is 56.3 Å². The van der Waals surface area contributed by atoms with Crippen LogP contribution in [0.25, 0.3) is 0 Å². The maximum atomic E-state index is 12.4. The molecule has 0 saturated carbocycles. The quantitative estimate of drug-likeness (QED) is 0.860. The van der Waals surface area contributed by atoms with Crippen LogP contribution >= 0.6 is 0 Å². The molecular weight excluding hydrogens is 242 g/mol. The van der Waals surface area contributed by atoms with Crippen molar-refractivity contribution in [2.45, 2.75) is 24.5 Å². The van der Waals surface area contributed by atoms with Crippen molar-refractivity contribution in [1.82, 2.24) is 0 Å².